The summed E-state index contributed by atoms with van der Waals surface area (Å²) in [4.78, 5) is 41.4. The minimum Gasteiger partial charge on any atom is -0.508 e. The molecule has 0 bridgehead atoms. The number of fused-ring (bicyclic) bond motifs is 1. The monoisotopic (exact) mass is 532 g/mol. The van der Waals surface area contributed by atoms with Gasteiger partial charge >= 0.3 is 7.60 Å². The van der Waals surface area contributed by atoms with Gasteiger partial charge in [0.05, 0.1) is 12.9 Å². The Kier molecular flexibility index (Phi) is 7.73. The molecule has 4 rings (SSSR count). The van der Waals surface area contributed by atoms with Gasteiger partial charge in [-0.15, -0.1) is 0 Å². The molecule has 14 heteroatoms. The molecule has 1 unspecified atom stereocenters. The fourth-order valence-electron chi connectivity index (χ4n) is 3.62. The summed E-state index contributed by atoms with van der Waals surface area (Å²) in [7, 11) is -8.55. The Balaban J connectivity index is 1.57. The van der Waals surface area contributed by atoms with Crippen molar-refractivity contribution in [1.82, 2.24) is 19.5 Å². The third-order valence-corrected chi connectivity index (χ3v) is 9.39. The van der Waals surface area contributed by atoms with E-state index < -0.39 is 20.9 Å². The lowest BCUT2D eigenvalue weighted by molar-refractivity contribution is 0.376. The Hall–Kier alpha value is -3.27. The zero-order valence-corrected chi connectivity index (χ0v) is 20.9. The number of nitrogens with one attached hydrogen (secondary N) is 2. The molecule has 0 fully saturated rings. The van der Waals surface area contributed by atoms with E-state index in [9.17, 15) is 19.1 Å². The van der Waals surface area contributed by atoms with Crippen LogP contribution >= 0.6 is 15.0 Å². The van der Waals surface area contributed by atoms with Gasteiger partial charge in [-0.25, -0.2) is 4.98 Å². The highest BCUT2D eigenvalue weighted by Gasteiger charge is 2.28. The lowest BCUT2D eigenvalue weighted by Crippen LogP contribution is -2.10. The molecule has 12 nitrogen and oxygen atoms in total. The number of aromatic hydroxyl groups is 1. The van der Waals surface area contributed by atoms with Crippen molar-refractivity contribution in [3.63, 3.8) is 0 Å². The van der Waals surface area contributed by atoms with Crippen molar-refractivity contribution in [3.05, 3.63) is 66.5 Å². The normalized spacial score (nSPS) is 13.4. The molecule has 4 aromatic rings. The van der Waals surface area contributed by atoms with Crippen LogP contribution in [-0.4, -0.2) is 57.9 Å². The standard InChI is InChI=1S/C22H26N6O6P2/c29-18-9-4-6-16(12-18)13-28-14-24-19-20(25-17-7-2-1-3-8-17)26-22(27-21(19)28)23-10-5-11-35(30,31)15-36(32,33)34/h1-4,6-9,12,14,29H,5,10-11,13,15H2,(H,30,31)(H2,32,33,34)(H2,23,25,26,27). The van der Waals surface area contributed by atoms with Crippen molar-refractivity contribution in [2.75, 3.05) is 29.2 Å². The third-order valence-electron chi connectivity index (χ3n) is 5.14. The van der Waals surface area contributed by atoms with Gasteiger partial charge in [0.2, 0.25) is 13.3 Å². The van der Waals surface area contributed by atoms with Crippen LogP contribution in [0, 0.1) is 0 Å². The number of rotatable bonds is 11. The molecule has 2 aromatic carbocycles. The summed E-state index contributed by atoms with van der Waals surface area (Å²) >= 11 is 0. The molecular weight excluding hydrogens is 506 g/mol. The van der Waals surface area contributed by atoms with Gasteiger partial charge in [0.1, 0.15) is 11.7 Å². The zero-order valence-electron chi connectivity index (χ0n) is 19.1. The lowest BCUT2D eigenvalue weighted by Gasteiger charge is -2.13. The van der Waals surface area contributed by atoms with Gasteiger partial charge in [0.15, 0.2) is 17.0 Å². The number of hydrogen-bond acceptors (Lipinski definition) is 8. The van der Waals surface area contributed by atoms with E-state index in [-0.39, 0.29) is 30.8 Å². The summed E-state index contributed by atoms with van der Waals surface area (Å²) in [6, 6.07) is 16.3. The molecule has 0 aliphatic heterocycles. The van der Waals surface area contributed by atoms with E-state index in [4.69, 9.17) is 9.79 Å². The summed E-state index contributed by atoms with van der Waals surface area (Å²) in [6.45, 7) is 0.616. The number of nitrogens with zero attached hydrogens (tertiary/aromatic N) is 4. The largest absolute Gasteiger partial charge is 0.508 e. The second-order valence-electron chi connectivity index (χ2n) is 8.26. The Labute approximate surface area is 206 Å². The van der Waals surface area contributed by atoms with Crippen molar-refractivity contribution in [2.45, 2.75) is 13.0 Å². The molecule has 0 spiro atoms. The average molecular weight is 532 g/mol. The van der Waals surface area contributed by atoms with Gasteiger partial charge in [0.25, 0.3) is 0 Å². The van der Waals surface area contributed by atoms with Gasteiger partial charge in [-0.3, -0.25) is 9.13 Å². The van der Waals surface area contributed by atoms with Gasteiger partial charge in [0, 0.05) is 18.4 Å². The van der Waals surface area contributed by atoms with Crippen LogP contribution in [-0.2, 0) is 15.7 Å². The van der Waals surface area contributed by atoms with Gasteiger partial charge in [-0.05, 0) is 36.2 Å². The lowest BCUT2D eigenvalue weighted by atomic mass is 10.2. The molecule has 0 saturated heterocycles. The molecule has 0 radical (unpaired) electrons. The summed E-state index contributed by atoms with van der Waals surface area (Å²) in [5.74, 6) is -0.179. The van der Waals surface area contributed by atoms with Crippen molar-refractivity contribution in [1.29, 1.82) is 0 Å². The molecule has 0 amide bonds. The maximum atomic E-state index is 12.0. The summed E-state index contributed by atoms with van der Waals surface area (Å²) in [5.41, 5.74) is 2.71. The van der Waals surface area contributed by atoms with Crippen LogP contribution in [0.5, 0.6) is 5.75 Å². The second kappa shape index (κ2) is 10.8. The molecule has 0 aliphatic carbocycles. The Morgan fingerprint density at radius 1 is 0.972 bits per heavy atom. The average Bonchev–Trinajstić information content (AvgIpc) is 3.19. The maximum absolute atomic E-state index is 12.0. The van der Waals surface area contributed by atoms with Crippen molar-refractivity contribution < 1.29 is 28.9 Å². The van der Waals surface area contributed by atoms with Crippen LogP contribution in [0.2, 0.25) is 0 Å². The van der Waals surface area contributed by atoms with E-state index in [1.165, 1.54) is 0 Å². The van der Waals surface area contributed by atoms with Crippen LogP contribution in [0.15, 0.2) is 60.9 Å². The number of benzene rings is 2. The number of phenolic OH excluding ortho intramolecular Hbond substituents is 1. The number of hydrogen-bond donors (Lipinski definition) is 6. The van der Waals surface area contributed by atoms with E-state index in [0.29, 0.717) is 23.5 Å². The molecule has 36 heavy (non-hydrogen) atoms. The Morgan fingerprint density at radius 2 is 1.75 bits per heavy atom. The first-order chi connectivity index (χ1) is 17.1. The van der Waals surface area contributed by atoms with Crippen LogP contribution in [0.25, 0.3) is 11.2 Å². The zero-order chi connectivity index (χ0) is 25.8. The number of phenols is 1. The van der Waals surface area contributed by atoms with E-state index >= 15 is 0 Å². The topological polar surface area (TPSA) is 183 Å². The molecule has 2 aromatic heterocycles. The SMILES string of the molecule is O=P(O)(O)CP(=O)(O)CCCNc1nc(Nc2ccccc2)c2ncn(Cc3cccc(O)c3)c2n1. The Morgan fingerprint density at radius 3 is 2.47 bits per heavy atom. The van der Waals surface area contributed by atoms with E-state index in [2.05, 4.69) is 25.6 Å². The minimum atomic E-state index is -4.58. The second-order valence-corrected chi connectivity index (χ2v) is 12.9. The van der Waals surface area contributed by atoms with Crippen LogP contribution in [0.4, 0.5) is 17.5 Å². The summed E-state index contributed by atoms with van der Waals surface area (Å²) in [6.07, 6.45) is 1.56. The highest BCUT2D eigenvalue weighted by Crippen LogP contribution is 2.54. The van der Waals surface area contributed by atoms with Gasteiger partial charge in [-0.2, -0.15) is 9.97 Å². The van der Waals surface area contributed by atoms with E-state index in [0.717, 1.165) is 11.3 Å². The number of para-hydroxylation sites is 1. The molecule has 1 atom stereocenters. The van der Waals surface area contributed by atoms with Crippen LogP contribution in [0.1, 0.15) is 12.0 Å². The van der Waals surface area contributed by atoms with E-state index in [1.807, 2.05) is 41.0 Å². The third kappa shape index (κ3) is 7.13. The highest BCUT2D eigenvalue weighted by molar-refractivity contribution is 7.72. The first-order valence-electron chi connectivity index (χ1n) is 11.0. The molecule has 0 aliphatic rings. The maximum Gasteiger partial charge on any atom is 0.335 e. The molecule has 0 saturated carbocycles. The fraction of sp³-hybridized carbons (Fsp3) is 0.227. The van der Waals surface area contributed by atoms with Crippen molar-refractivity contribution in [2.24, 2.45) is 0 Å². The van der Waals surface area contributed by atoms with Gasteiger partial charge in [-0.1, -0.05) is 30.3 Å². The molecular formula is C22H26N6O6P2. The summed E-state index contributed by atoms with van der Waals surface area (Å²) < 4.78 is 24.9. The Bertz CT molecular complexity index is 1440. The smallest absolute Gasteiger partial charge is 0.335 e. The molecule has 190 valence electrons. The van der Waals surface area contributed by atoms with Crippen molar-refractivity contribution >= 4 is 43.6 Å². The van der Waals surface area contributed by atoms with Crippen LogP contribution < -0.4 is 10.6 Å². The minimum absolute atomic E-state index is 0.153. The van der Waals surface area contributed by atoms with Crippen molar-refractivity contribution in [3.8, 4) is 5.75 Å². The fourth-order valence-corrected chi connectivity index (χ4v) is 7.14. The number of aromatic nitrogens is 4. The molecule has 6 N–H and O–H groups in total. The first kappa shape index (κ1) is 25.8. The van der Waals surface area contributed by atoms with E-state index in [1.54, 1.807) is 24.5 Å². The number of anilines is 3. The number of imidazole rings is 1. The quantitative estimate of drug-likeness (QED) is 0.123. The van der Waals surface area contributed by atoms with Gasteiger partial charge < -0.3 is 35.0 Å². The highest BCUT2D eigenvalue weighted by atomic mass is 31.2. The molecule has 2 heterocycles. The first-order valence-corrected chi connectivity index (χ1v) is 14.8. The summed E-state index contributed by atoms with van der Waals surface area (Å²) in [5, 5.41) is 16.1. The predicted molar refractivity (Wildman–Crippen MR) is 137 cm³/mol. The predicted octanol–water partition coefficient (Wildman–Crippen LogP) is 3.53. The van der Waals surface area contributed by atoms with Crippen LogP contribution in [0.3, 0.4) is 0 Å².